The van der Waals surface area contributed by atoms with Crippen molar-refractivity contribution in [3.05, 3.63) is 84.9 Å². The van der Waals surface area contributed by atoms with Crippen LogP contribution in [-0.4, -0.2) is 73.5 Å². The molecular weight excluding hydrogens is 785 g/mol. The second-order valence-electron chi connectivity index (χ2n) is 11.0. The van der Waals surface area contributed by atoms with Crippen LogP contribution in [0, 0.1) is 0 Å². The van der Waals surface area contributed by atoms with E-state index in [1.54, 1.807) is 12.1 Å². The molecule has 1 heterocycles. The lowest BCUT2D eigenvalue weighted by molar-refractivity contribution is 0.417. The molecule has 0 aliphatic carbocycles. The summed E-state index contributed by atoms with van der Waals surface area (Å²) in [5.41, 5.74) is 1.53. The molecule has 4 aromatic carbocycles. The topological polar surface area (TPSA) is 306 Å². The molecule has 0 fully saturated rings. The number of hydrogen-bond donors (Lipinski definition) is 6. The van der Waals surface area contributed by atoms with E-state index in [1.807, 2.05) is 0 Å². The SMILES string of the molecule is COc1cc(N=Nc2cccc(S(=O)(=O)O)c2)ccc1Nc1nc(Nc2ccc(N=Nc3cccc(S(=O)(=O)O)c3)cc2OC)nc(NC(C)S(=O)(=O)O)n1. The molecule has 6 N–H and O–H groups in total. The van der Waals surface area contributed by atoms with Gasteiger partial charge in [-0.2, -0.15) is 60.7 Å². The van der Waals surface area contributed by atoms with Gasteiger partial charge in [0.05, 0.1) is 58.1 Å². The second-order valence-corrected chi connectivity index (χ2v) is 15.6. The maximum absolute atomic E-state index is 11.8. The van der Waals surface area contributed by atoms with Crippen LogP contribution in [0.3, 0.4) is 0 Å². The first kappa shape index (κ1) is 40.0. The first-order chi connectivity index (χ1) is 25.9. The van der Waals surface area contributed by atoms with Gasteiger partial charge in [-0.1, -0.05) is 12.1 Å². The van der Waals surface area contributed by atoms with Gasteiger partial charge < -0.3 is 25.4 Å². The average Bonchev–Trinajstić information content (AvgIpc) is 3.13. The van der Waals surface area contributed by atoms with E-state index in [0.717, 1.165) is 12.1 Å². The first-order valence-corrected chi connectivity index (χ1v) is 19.7. The van der Waals surface area contributed by atoms with Crippen molar-refractivity contribution in [1.82, 2.24) is 15.0 Å². The Morgan fingerprint density at radius 1 is 0.564 bits per heavy atom. The molecule has 0 spiro atoms. The Labute approximate surface area is 313 Å². The number of rotatable bonds is 15. The fraction of sp³-hybridized carbons (Fsp3) is 0.129. The van der Waals surface area contributed by atoms with Crippen LogP contribution < -0.4 is 25.4 Å². The van der Waals surface area contributed by atoms with Gasteiger partial charge >= 0.3 is 0 Å². The maximum Gasteiger partial charge on any atom is 0.294 e. The highest BCUT2D eigenvalue weighted by molar-refractivity contribution is 7.86. The number of nitrogens with one attached hydrogen (secondary N) is 3. The molecule has 0 saturated heterocycles. The van der Waals surface area contributed by atoms with Crippen LogP contribution in [-0.2, 0) is 30.4 Å². The molecular formula is C31H30N10O11S3. The largest absolute Gasteiger partial charge is 0.494 e. The monoisotopic (exact) mass is 814 g/mol. The Bertz CT molecular complexity index is 2470. The summed E-state index contributed by atoms with van der Waals surface area (Å²) in [5, 5.41) is 23.1. The summed E-state index contributed by atoms with van der Waals surface area (Å²) >= 11 is 0. The van der Waals surface area contributed by atoms with Gasteiger partial charge in [0.2, 0.25) is 17.8 Å². The molecule has 21 nitrogen and oxygen atoms in total. The smallest absolute Gasteiger partial charge is 0.294 e. The van der Waals surface area contributed by atoms with E-state index < -0.39 is 35.7 Å². The highest BCUT2D eigenvalue weighted by Crippen LogP contribution is 2.35. The van der Waals surface area contributed by atoms with Crippen LogP contribution in [0.4, 0.5) is 52.0 Å². The molecule has 0 saturated carbocycles. The van der Waals surface area contributed by atoms with Crippen molar-refractivity contribution in [2.45, 2.75) is 22.1 Å². The molecule has 55 heavy (non-hydrogen) atoms. The normalized spacial score (nSPS) is 12.8. The summed E-state index contributed by atoms with van der Waals surface area (Å²) < 4.78 is 109. The van der Waals surface area contributed by atoms with E-state index in [1.165, 1.54) is 81.8 Å². The quantitative estimate of drug-likeness (QED) is 0.0495. The van der Waals surface area contributed by atoms with Crippen LogP contribution in [0.25, 0.3) is 0 Å². The zero-order valence-corrected chi connectivity index (χ0v) is 31.1. The summed E-state index contributed by atoms with van der Waals surface area (Å²) in [6.45, 7) is 1.17. The number of anilines is 5. The Kier molecular flexibility index (Phi) is 12.0. The lowest BCUT2D eigenvalue weighted by Crippen LogP contribution is -2.27. The number of aromatic nitrogens is 3. The molecule has 5 aromatic rings. The minimum absolute atomic E-state index is 0.117. The molecule has 5 rings (SSSR count). The number of benzene rings is 4. The zero-order chi connectivity index (χ0) is 40.0. The van der Waals surface area contributed by atoms with Gasteiger partial charge in [-0.3, -0.25) is 13.7 Å². The molecule has 288 valence electrons. The van der Waals surface area contributed by atoms with Gasteiger partial charge in [-0.15, -0.1) is 0 Å². The predicted octanol–water partition coefficient (Wildman–Crippen LogP) is 6.35. The van der Waals surface area contributed by atoms with E-state index in [2.05, 4.69) is 51.4 Å². The van der Waals surface area contributed by atoms with Crippen molar-refractivity contribution < 1.29 is 48.4 Å². The average molecular weight is 815 g/mol. The van der Waals surface area contributed by atoms with E-state index in [-0.39, 0.29) is 50.5 Å². The minimum Gasteiger partial charge on any atom is -0.494 e. The molecule has 0 amide bonds. The maximum atomic E-state index is 11.8. The highest BCUT2D eigenvalue weighted by Gasteiger charge is 2.20. The van der Waals surface area contributed by atoms with E-state index in [4.69, 9.17) is 9.47 Å². The summed E-state index contributed by atoms with van der Waals surface area (Å²) in [6, 6.07) is 19.6. The number of methoxy groups -OCH3 is 2. The predicted molar refractivity (Wildman–Crippen MR) is 198 cm³/mol. The molecule has 1 atom stereocenters. The van der Waals surface area contributed by atoms with E-state index >= 15 is 0 Å². The molecule has 0 aliphatic heterocycles. The summed E-state index contributed by atoms with van der Waals surface area (Å²) in [4.78, 5) is 12.1. The third-order valence-corrected chi connectivity index (χ3v) is 9.78. The van der Waals surface area contributed by atoms with Crippen molar-refractivity contribution in [3.8, 4) is 11.5 Å². The van der Waals surface area contributed by atoms with Crippen molar-refractivity contribution >= 4 is 82.3 Å². The fourth-order valence-electron chi connectivity index (χ4n) is 4.38. The van der Waals surface area contributed by atoms with Gasteiger partial charge in [0.25, 0.3) is 30.4 Å². The van der Waals surface area contributed by atoms with Crippen molar-refractivity contribution in [3.63, 3.8) is 0 Å². The van der Waals surface area contributed by atoms with Crippen molar-refractivity contribution in [2.24, 2.45) is 20.5 Å². The summed E-state index contributed by atoms with van der Waals surface area (Å²) in [5.74, 6) is -0.0364. The van der Waals surface area contributed by atoms with Crippen LogP contribution in [0.1, 0.15) is 6.92 Å². The molecule has 1 unspecified atom stereocenters. The standard InChI is InChI=1S/C31H30N10O11S3/c1-18(53(42,43)44)32-29-35-30(33-25-12-10-21(16-27(25)51-2)40-38-19-6-4-8-23(14-19)54(45,46)47)37-31(36-29)34-26-13-11-22(17-28(26)52-3)41-39-20-7-5-9-24(15-20)55(48,49)50/h4-18H,1-3H3,(H,42,43,44)(H,45,46,47)(H,48,49,50)(H3,32,33,34,35,36,37). The minimum atomic E-state index is -4.56. The highest BCUT2D eigenvalue weighted by atomic mass is 32.2. The third-order valence-electron chi connectivity index (χ3n) is 7.07. The molecule has 0 bridgehead atoms. The van der Waals surface area contributed by atoms with Crippen LogP contribution in [0.5, 0.6) is 11.5 Å². The molecule has 1 aromatic heterocycles. The fourth-order valence-corrected chi connectivity index (χ4v) is 5.68. The van der Waals surface area contributed by atoms with Gasteiger partial charge in [-0.05, 0) is 67.6 Å². The van der Waals surface area contributed by atoms with E-state index in [9.17, 15) is 38.9 Å². The Morgan fingerprint density at radius 2 is 0.945 bits per heavy atom. The molecule has 0 radical (unpaired) electrons. The summed E-state index contributed by atoms with van der Waals surface area (Å²) in [7, 11) is -10.7. The van der Waals surface area contributed by atoms with Crippen molar-refractivity contribution in [1.29, 1.82) is 0 Å². The number of azo groups is 2. The number of nitrogens with zero attached hydrogens (tertiary/aromatic N) is 7. The van der Waals surface area contributed by atoms with Gasteiger partial charge in [-0.25, -0.2) is 0 Å². The Morgan fingerprint density at radius 3 is 1.31 bits per heavy atom. The Balaban J connectivity index is 1.42. The van der Waals surface area contributed by atoms with Crippen LogP contribution >= 0.6 is 0 Å². The van der Waals surface area contributed by atoms with Crippen LogP contribution in [0.2, 0.25) is 0 Å². The number of hydrogen-bond acceptors (Lipinski definition) is 18. The van der Waals surface area contributed by atoms with Gasteiger partial charge in [0.15, 0.2) is 5.37 Å². The zero-order valence-electron chi connectivity index (χ0n) is 28.6. The molecule has 0 aliphatic rings. The van der Waals surface area contributed by atoms with Crippen molar-refractivity contribution in [2.75, 3.05) is 30.2 Å². The van der Waals surface area contributed by atoms with E-state index in [0.29, 0.717) is 22.7 Å². The first-order valence-electron chi connectivity index (χ1n) is 15.3. The Hall–Kier alpha value is -6.18. The summed E-state index contributed by atoms with van der Waals surface area (Å²) in [6.07, 6.45) is 0. The lowest BCUT2D eigenvalue weighted by Gasteiger charge is -2.16. The van der Waals surface area contributed by atoms with Gasteiger partial charge in [0.1, 0.15) is 11.5 Å². The second kappa shape index (κ2) is 16.5. The molecule has 24 heteroatoms. The van der Waals surface area contributed by atoms with Gasteiger partial charge in [0, 0.05) is 12.1 Å². The lowest BCUT2D eigenvalue weighted by atomic mass is 10.2. The van der Waals surface area contributed by atoms with Crippen LogP contribution in [0.15, 0.2) is 115 Å². The third kappa shape index (κ3) is 10.9. The number of ether oxygens (including phenoxy) is 2.